The summed E-state index contributed by atoms with van der Waals surface area (Å²) in [6, 6.07) is 18.0. The average Bonchev–Trinajstić information content (AvgIpc) is 2.56. The summed E-state index contributed by atoms with van der Waals surface area (Å²) >= 11 is 0. The first kappa shape index (κ1) is 13.4. The molecule has 2 aromatic carbocycles. The summed E-state index contributed by atoms with van der Waals surface area (Å²) in [6.45, 7) is 0. The number of hydrogen-bond donors (Lipinski definition) is 0. The van der Waals surface area contributed by atoms with Gasteiger partial charge in [-0.25, -0.2) is 0 Å². The number of anilines is 1. The minimum absolute atomic E-state index is 0.0390. The Hall–Kier alpha value is -2.55. The number of ether oxygens (including phenoxy) is 1. The number of benzene rings is 2. The van der Waals surface area contributed by atoms with Gasteiger partial charge in [-0.05, 0) is 35.9 Å². The largest absolute Gasteiger partial charge is 0.497 e. The maximum Gasteiger partial charge on any atom is 0.159 e. The first-order chi connectivity index (χ1) is 10.3. The van der Waals surface area contributed by atoms with Crippen molar-refractivity contribution in [3.05, 3.63) is 72.4 Å². The smallest absolute Gasteiger partial charge is 0.159 e. The maximum absolute atomic E-state index is 11.8. The molecule has 0 fully saturated rings. The number of carbonyl (C=O) groups is 1. The van der Waals surface area contributed by atoms with Crippen LogP contribution in [0.3, 0.4) is 0 Å². The van der Waals surface area contributed by atoms with Crippen molar-refractivity contribution in [3.8, 4) is 5.75 Å². The van der Waals surface area contributed by atoms with E-state index in [1.165, 1.54) is 0 Å². The highest BCUT2D eigenvalue weighted by Crippen LogP contribution is 2.33. The van der Waals surface area contributed by atoms with Gasteiger partial charge in [-0.1, -0.05) is 30.3 Å². The molecule has 1 atom stereocenters. The SMILES string of the molecule is COc1ccc(N2C=CC(=O)CC2c2ccccc2)cc1. The monoisotopic (exact) mass is 279 g/mol. The molecule has 2 aromatic rings. The highest BCUT2D eigenvalue weighted by atomic mass is 16.5. The normalized spacial score (nSPS) is 17.9. The van der Waals surface area contributed by atoms with Crippen LogP contribution in [0.2, 0.25) is 0 Å². The van der Waals surface area contributed by atoms with Crippen LogP contribution in [-0.2, 0) is 4.79 Å². The summed E-state index contributed by atoms with van der Waals surface area (Å²) < 4.78 is 5.19. The van der Waals surface area contributed by atoms with Gasteiger partial charge in [0.25, 0.3) is 0 Å². The molecule has 0 saturated carbocycles. The third-order valence-corrected chi connectivity index (χ3v) is 3.71. The van der Waals surface area contributed by atoms with E-state index in [0.717, 1.165) is 17.0 Å². The molecule has 1 unspecified atom stereocenters. The molecule has 0 bridgehead atoms. The lowest BCUT2D eigenvalue weighted by molar-refractivity contribution is -0.115. The fourth-order valence-electron chi connectivity index (χ4n) is 2.60. The molecule has 3 rings (SSSR count). The minimum atomic E-state index is 0.0390. The predicted octanol–water partition coefficient (Wildman–Crippen LogP) is 3.73. The molecule has 0 spiro atoms. The zero-order valence-corrected chi connectivity index (χ0v) is 11.9. The number of ketones is 1. The van der Waals surface area contributed by atoms with Crippen LogP contribution >= 0.6 is 0 Å². The summed E-state index contributed by atoms with van der Waals surface area (Å²) in [6.07, 6.45) is 4.00. The summed E-state index contributed by atoms with van der Waals surface area (Å²) in [5.41, 5.74) is 2.19. The van der Waals surface area contributed by atoms with Crippen LogP contribution in [0.25, 0.3) is 0 Å². The molecule has 0 aromatic heterocycles. The molecule has 21 heavy (non-hydrogen) atoms. The summed E-state index contributed by atoms with van der Waals surface area (Å²) in [7, 11) is 1.65. The lowest BCUT2D eigenvalue weighted by Crippen LogP contribution is -2.28. The molecule has 0 N–H and O–H groups in total. The van der Waals surface area contributed by atoms with Gasteiger partial charge in [0, 0.05) is 18.3 Å². The molecule has 0 saturated heterocycles. The van der Waals surface area contributed by atoms with E-state index in [0.29, 0.717) is 6.42 Å². The van der Waals surface area contributed by atoms with Gasteiger partial charge in [-0.2, -0.15) is 0 Å². The van der Waals surface area contributed by atoms with Crippen LogP contribution in [0.5, 0.6) is 5.75 Å². The number of methoxy groups -OCH3 is 1. The van der Waals surface area contributed by atoms with Gasteiger partial charge < -0.3 is 9.64 Å². The summed E-state index contributed by atoms with van der Waals surface area (Å²) in [4.78, 5) is 13.9. The number of allylic oxidation sites excluding steroid dienone is 1. The van der Waals surface area contributed by atoms with Crippen LogP contribution < -0.4 is 9.64 Å². The zero-order valence-electron chi connectivity index (χ0n) is 11.9. The molecule has 0 aliphatic carbocycles. The third-order valence-electron chi connectivity index (χ3n) is 3.71. The van der Waals surface area contributed by atoms with Crippen LogP contribution in [0.1, 0.15) is 18.0 Å². The summed E-state index contributed by atoms with van der Waals surface area (Å²) in [5, 5.41) is 0. The Bertz CT molecular complexity index is 647. The average molecular weight is 279 g/mol. The second-order valence-corrected chi connectivity index (χ2v) is 5.02. The van der Waals surface area contributed by atoms with Gasteiger partial charge in [-0.3, -0.25) is 4.79 Å². The van der Waals surface area contributed by atoms with Crippen molar-refractivity contribution < 1.29 is 9.53 Å². The second-order valence-electron chi connectivity index (χ2n) is 5.02. The zero-order chi connectivity index (χ0) is 14.7. The Labute approximate surface area is 124 Å². The molecule has 0 amide bonds. The van der Waals surface area contributed by atoms with Crippen molar-refractivity contribution in [2.45, 2.75) is 12.5 Å². The van der Waals surface area contributed by atoms with Gasteiger partial charge in [-0.15, -0.1) is 0 Å². The predicted molar refractivity (Wildman–Crippen MR) is 83.4 cm³/mol. The van der Waals surface area contributed by atoms with Gasteiger partial charge in [0.05, 0.1) is 13.2 Å². The van der Waals surface area contributed by atoms with Crippen molar-refractivity contribution in [1.29, 1.82) is 0 Å². The Kier molecular flexibility index (Phi) is 3.73. The topological polar surface area (TPSA) is 29.5 Å². The van der Waals surface area contributed by atoms with Crippen molar-refractivity contribution in [3.63, 3.8) is 0 Å². The quantitative estimate of drug-likeness (QED) is 0.857. The molecule has 1 heterocycles. The second kappa shape index (κ2) is 5.83. The van der Waals surface area contributed by atoms with Crippen LogP contribution in [0.15, 0.2) is 66.9 Å². The van der Waals surface area contributed by atoms with E-state index in [1.807, 2.05) is 48.7 Å². The van der Waals surface area contributed by atoms with Gasteiger partial charge >= 0.3 is 0 Å². The van der Waals surface area contributed by atoms with Gasteiger partial charge in [0.15, 0.2) is 5.78 Å². The Morgan fingerprint density at radius 3 is 2.43 bits per heavy atom. The van der Waals surface area contributed by atoms with Crippen LogP contribution in [0.4, 0.5) is 5.69 Å². The minimum Gasteiger partial charge on any atom is -0.497 e. The number of carbonyl (C=O) groups excluding carboxylic acids is 1. The van der Waals surface area contributed by atoms with E-state index in [1.54, 1.807) is 13.2 Å². The molecule has 106 valence electrons. The lowest BCUT2D eigenvalue weighted by atomic mass is 9.96. The number of hydrogen-bond acceptors (Lipinski definition) is 3. The van der Waals surface area contributed by atoms with Crippen LogP contribution in [0, 0.1) is 0 Å². The fourth-order valence-corrected chi connectivity index (χ4v) is 2.60. The Morgan fingerprint density at radius 2 is 1.76 bits per heavy atom. The Balaban J connectivity index is 1.96. The van der Waals surface area contributed by atoms with Crippen molar-refractivity contribution in [2.75, 3.05) is 12.0 Å². The summed E-state index contributed by atoms with van der Waals surface area (Å²) in [5.74, 6) is 0.987. The van der Waals surface area contributed by atoms with E-state index < -0.39 is 0 Å². The molecule has 0 radical (unpaired) electrons. The molecule has 3 nitrogen and oxygen atoms in total. The number of rotatable bonds is 3. The van der Waals surface area contributed by atoms with Crippen molar-refractivity contribution in [2.24, 2.45) is 0 Å². The van der Waals surface area contributed by atoms with Crippen LogP contribution in [-0.4, -0.2) is 12.9 Å². The lowest BCUT2D eigenvalue weighted by Gasteiger charge is -2.33. The van der Waals surface area contributed by atoms with E-state index in [2.05, 4.69) is 17.0 Å². The van der Waals surface area contributed by atoms with E-state index in [9.17, 15) is 4.79 Å². The molecular formula is C18H17NO2. The van der Waals surface area contributed by atoms with E-state index >= 15 is 0 Å². The molecule has 1 aliphatic heterocycles. The highest BCUT2D eigenvalue weighted by molar-refractivity contribution is 5.92. The molecular weight excluding hydrogens is 262 g/mol. The Morgan fingerprint density at radius 1 is 1.05 bits per heavy atom. The fraction of sp³-hybridized carbons (Fsp3) is 0.167. The van der Waals surface area contributed by atoms with Crippen molar-refractivity contribution in [1.82, 2.24) is 0 Å². The standard InChI is InChI=1S/C18H17NO2/c1-21-17-9-7-15(8-10-17)19-12-11-16(20)13-18(19)14-5-3-2-4-6-14/h2-12,18H,13H2,1H3. The van der Waals surface area contributed by atoms with Crippen molar-refractivity contribution >= 4 is 11.5 Å². The number of nitrogens with zero attached hydrogens (tertiary/aromatic N) is 1. The third kappa shape index (κ3) is 2.82. The molecule has 1 aliphatic rings. The first-order valence-electron chi connectivity index (χ1n) is 6.96. The first-order valence-corrected chi connectivity index (χ1v) is 6.96. The van der Waals surface area contributed by atoms with E-state index in [4.69, 9.17) is 4.74 Å². The van der Waals surface area contributed by atoms with Gasteiger partial charge in [0.2, 0.25) is 0 Å². The van der Waals surface area contributed by atoms with E-state index in [-0.39, 0.29) is 11.8 Å². The highest BCUT2D eigenvalue weighted by Gasteiger charge is 2.25. The van der Waals surface area contributed by atoms with Gasteiger partial charge in [0.1, 0.15) is 5.75 Å². The molecule has 3 heteroatoms. The maximum atomic E-state index is 11.8.